The highest BCUT2D eigenvalue weighted by molar-refractivity contribution is 5.83. The zero-order valence-electron chi connectivity index (χ0n) is 18.8. The normalized spacial score (nSPS) is 10.8. The maximum Gasteiger partial charge on any atom is 0.277 e. The molecule has 6 nitrogen and oxygen atoms in total. The van der Waals surface area contributed by atoms with Gasteiger partial charge >= 0.3 is 0 Å². The van der Waals surface area contributed by atoms with Crippen LogP contribution in [0.25, 0.3) is 0 Å². The van der Waals surface area contributed by atoms with Crippen LogP contribution in [0.15, 0.2) is 65.8 Å². The predicted molar refractivity (Wildman–Crippen MR) is 126 cm³/mol. The summed E-state index contributed by atoms with van der Waals surface area (Å²) >= 11 is 0. The minimum Gasteiger partial charge on any atom is -0.493 e. The van der Waals surface area contributed by atoms with E-state index in [0.29, 0.717) is 23.9 Å². The Morgan fingerprint density at radius 1 is 0.906 bits per heavy atom. The van der Waals surface area contributed by atoms with Gasteiger partial charge in [0.15, 0.2) is 18.1 Å². The molecule has 3 aromatic carbocycles. The van der Waals surface area contributed by atoms with E-state index >= 15 is 0 Å². The molecule has 0 radical (unpaired) electrons. The van der Waals surface area contributed by atoms with E-state index < -0.39 is 0 Å². The third kappa shape index (κ3) is 6.35. The summed E-state index contributed by atoms with van der Waals surface area (Å²) in [6.07, 6.45) is 1.55. The maximum atomic E-state index is 12.0. The fourth-order valence-electron chi connectivity index (χ4n) is 3.03. The van der Waals surface area contributed by atoms with Crippen molar-refractivity contribution in [1.82, 2.24) is 5.43 Å². The molecule has 0 aliphatic heterocycles. The number of hydrazone groups is 1. The second-order valence-corrected chi connectivity index (χ2v) is 7.48. The molecular formula is C26H28N2O4. The second-order valence-electron chi connectivity index (χ2n) is 7.48. The number of hydrogen-bond acceptors (Lipinski definition) is 5. The maximum absolute atomic E-state index is 12.0. The molecule has 0 fully saturated rings. The van der Waals surface area contributed by atoms with Crippen molar-refractivity contribution >= 4 is 12.1 Å². The molecule has 0 aliphatic rings. The molecule has 6 heteroatoms. The van der Waals surface area contributed by atoms with E-state index in [2.05, 4.69) is 23.5 Å². The standard InChI is InChI=1S/C26H28N2O4/c1-18-9-10-20(3)24(13-18)32-17-26(29)28-27-15-21-11-12-23(25(14-21)30-4)31-16-22-8-6-5-7-19(22)2/h5-15H,16-17H2,1-4H3,(H,28,29)/b27-15+. The molecule has 0 saturated heterocycles. The van der Waals surface area contributed by atoms with Crippen LogP contribution < -0.4 is 19.6 Å². The summed E-state index contributed by atoms with van der Waals surface area (Å²) in [6, 6.07) is 19.4. The van der Waals surface area contributed by atoms with Crippen LogP contribution in [0.5, 0.6) is 17.2 Å². The predicted octanol–water partition coefficient (Wildman–Crippen LogP) is 4.73. The number of methoxy groups -OCH3 is 1. The Labute approximate surface area is 188 Å². The number of carbonyl (C=O) groups is 1. The molecule has 0 spiro atoms. The van der Waals surface area contributed by atoms with E-state index in [1.807, 2.05) is 62.4 Å². The van der Waals surface area contributed by atoms with Crippen LogP contribution in [0.1, 0.15) is 27.8 Å². The van der Waals surface area contributed by atoms with Crippen molar-refractivity contribution in [2.45, 2.75) is 27.4 Å². The minimum absolute atomic E-state index is 0.114. The number of hydrogen-bond donors (Lipinski definition) is 1. The number of aryl methyl sites for hydroxylation is 3. The summed E-state index contributed by atoms with van der Waals surface area (Å²) in [6.45, 7) is 6.30. The van der Waals surface area contributed by atoms with Crippen molar-refractivity contribution in [3.05, 3.63) is 88.5 Å². The average Bonchev–Trinajstić information content (AvgIpc) is 2.79. The summed E-state index contributed by atoms with van der Waals surface area (Å²) in [5.74, 6) is 1.58. The lowest BCUT2D eigenvalue weighted by Crippen LogP contribution is -2.24. The molecule has 3 aromatic rings. The minimum atomic E-state index is -0.340. The average molecular weight is 433 g/mol. The lowest BCUT2D eigenvalue weighted by molar-refractivity contribution is -0.123. The molecule has 1 amide bonds. The Kier molecular flexibility index (Phi) is 7.86. The van der Waals surface area contributed by atoms with Crippen molar-refractivity contribution < 1.29 is 19.0 Å². The van der Waals surface area contributed by atoms with Crippen LogP contribution in [0, 0.1) is 20.8 Å². The van der Waals surface area contributed by atoms with Crippen molar-refractivity contribution in [3.63, 3.8) is 0 Å². The highest BCUT2D eigenvalue weighted by atomic mass is 16.5. The SMILES string of the molecule is COc1cc(/C=N/NC(=O)COc2cc(C)ccc2C)ccc1OCc1ccccc1C. The van der Waals surface area contributed by atoms with Gasteiger partial charge < -0.3 is 14.2 Å². The molecule has 0 bridgehead atoms. The molecule has 166 valence electrons. The summed E-state index contributed by atoms with van der Waals surface area (Å²) in [7, 11) is 1.59. The summed E-state index contributed by atoms with van der Waals surface area (Å²) in [4.78, 5) is 12.0. The van der Waals surface area contributed by atoms with Gasteiger partial charge in [0, 0.05) is 0 Å². The highest BCUT2D eigenvalue weighted by Crippen LogP contribution is 2.28. The second kappa shape index (κ2) is 11.0. The molecule has 0 saturated carbocycles. The number of ether oxygens (including phenoxy) is 3. The zero-order valence-corrected chi connectivity index (χ0v) is 18.8. The Morgan fingerprint density at radius 2 is 1.72 bits per heavy atom. The van der Waals surface area contributed by atoms with Gasteiger partial charge in [-0.2, -0.15) is 5.10 Å². The Morgan fingerprint density at radius 3 is 2.50 bits per heavy atom. The number of carbonyl (C=O) groups excluding carboxylic acids is 1. The van der Waals surface area contributed by atoms with Crippen LogP contribution in [0.2, 0.25) is 0 Å². The van der Waals surface area contributed by atoms with Gasteiger partial charge in [-0.15, -0.1) is 0 Å². The Balaban J connectivity index is 1.54. The van der Waals surface area contributed by atoms with Gasteiger partial charge in [-0.05, 0) is 72.9 Å². The topological polar surface area (TPSA) is 69.2 Å². The van der Waals surface area contributed by atoms with Crippen LogP contribution in [0.4, 0.5) is 0 Å². The largest absolute Gasteiger partial charge is 0.493 e. The molecule has 3 rings (SSSR count). The molecule has 0 aliphatic carbocycles. The summed E-state index contributed by atoms with van der Waals surface area (Å²) < 4.78 is 17.0. The van der Waals surface area contributed by atoms with Gasteiger partial charge in [0.2, 0.25) is 0 Å². The Hall–Kier alpha value is -3.80. The Bertz CT molecular complexity index is 1110. The van der Waals surface area contributed by atoms with Crippen molar-refractivity contribution in [2.24, 2.45) is 5.10 Å². The van der Waals surface area contributed by atoms with E-state index in [9.17, 15) is 4.79 Å². The van der Waals surface area contributed by atoms with Gasteiger partial charge in [0.05, 0.1) is 13.3 Å². The molecule has 32 heavy (non-hydrogen) atoms. The first-order chi connectivity index (χ1) is 15.5. The van der Waals surface area contributed by atoms with Crippen LogP contribution in [-0.2, 0) is 11.4 Å². The van der Waals surface area contributed by atoms with E-state index in [-0.39, 0.29) is 12.5 Å². The smallest absolute Gasteiger partial charge is 0.277 e. The molecule has 0 heterocycles. The van der Waals surface area contributed by atoms with Crippen molar-refractivity contribution in [1.29, 1.82) is 0 Å². The molecule has 1 N–H and O–H groups in total. The fraction of sp³-hybridized carbons (Fsp3) is 0.231. The third-order valence-corrected chi connectivity index (χ3v) is 4.94. The molecule has 0 aromatic heterocycles. The monoisotopic (exact) mass is 432 g/mol. The lowest BCUT2D eigenvalue weighted by atomic mass is 10.1. The first kappa shape index (κ1) is 22.9. The molecule has 0 atom stereocenters. The van der Waals surface area contributed by atoms with Gasteiger partial charge in [-0.1, -0.05) is 36.4 Å². The van der Waals surface area contributed by atoms with E-state index in [4.69, 9.17) is 14.2 Å². The van der Waals surface area contributed by atoms with Gasteiger partial charge in [-0.3, -0.25) is 4.79 Å². The summed E-state index contributed by atoms with van der Waals surface area (Å²) in [5.41, 5.74) is 7.58. The van der Waals surface area contributed by atoms with Crippen LogP contribution >= 0.6 is 0 Å². The number of rotatable bonds is 9. The third-order valence-electron chi connectivity index (χ3n) is 4.94. The van der Waals surface area contributed by atoms with Crippen molar-refractivity contribution in [2.75, 3.05) is 13.7 Å². The number of benzene rings is 3. The van der Waals surface area contributed by atoms with Gasteiger partial charge in [0.1, 0.15) is 12.4 Å². The van der Waals surface area contributed by atoms with Crippen LogP contribution in [-0.4, -0.2) is 25.8 Å². The first-order valence-corrected chi connectivity index (χ1v) is 10.3. The van der Waals surface area contributed by atoms with Gasteiger partial charge in [0.25, 0.3) is 5.91 Å². The number of nitrogens with one attached hydrogen (secondary N) is 1. The summed E-state index contributed by atoms with van der Waals surface area (Å²) in [5, 5.41) is 4.00. The van der Waals surface area contributed by atoms with E-state index in [1.54, 1.807) is 19.4 Å². The van der Waals surface area contributed by atoms with Crippen LogP contribution in [0.3, 0.4) is 0 Å². The van der Waals surface area contributed by atoms with E-state index in [1.165, 1.54) is 5.56 Å². The van der Waals surface area contributed by atoms with E-state index in [0.717, 1.165) is 22.3 Å². The quantitative estimate of drug-likeness (QED) is 0.392. The highest BCUT2D eigenvalue weighted by Gasteiger charge is 2.07. The number of amides is 1. The number of nitrogens with zero attached hydrogens (tertiary/aromatic N) is 1. The molecular weight excluding hydrogens is 404 g/mol. The zero-order chi connectivity index (χ0) is 22.9. The van der Waals surface area contributed by atoms with Crippen molar-refractivity contribution in [3.8, 4) is 17.2 Å². The first-order valence-electron chi connectivity index (χ1n) is 10.3. The van der Waals surface area contributed by atoms with Gasteiger partial charge in [-0.25, -0.2) is 5.43 Å². The fourth-order valence-corrected chi connectivity index (χ4v) is 3.03. The molecule has 0 unspecified atom stereocenters. The lowest BCUT2D eigenvalue weighted by Gasteiger charge is -2.12.